The predicted octanol–water partition coefficient (Wildman–Crippen LogP) is 2.59. The largest absolute Gasteiger partial charge is 0.384 e. The standard InChI is InChI=1S/C13H16O3S/c1-16-8-7-11(14)9-13(15)10-3-5-12(17-2)6-4-10/h3-6H,7-9H2,1-2H3. The van der Waals surface area contributed by atoms with E-state index in [1.807, 2.05) is 18.4 Å². The van der Waals surface area contributed by atoms with Crippen molar-refractivity contribution in [2.75, 3.05) is 20.0 Å². The van der Waals surface area contributed by atoms with Crippen LogP contribution in [0, 0.1) is 0 Å². The molecule has 0 fully saturated rings. The summed E-state index contributed by atoms with van der Waals surface area (Å²) in [5, 5.41) is 0. The van der Waals surface area contributed by atoms with E-state index in [4.69, 9.17) is 4.74 Å². The molecule has 0 atom stereocenters. The molecular formula is C13H16O3S. The summed E-state index contributed by atoms with van der Waals surface area (Å²) in [5.41, 5.74) is 0.591. The number of thioether (sulfide) groups is 1. The third kappa shape index (κ3) is 4.71. The minimum atomic E-state index is -0.126. The molecule has 0 heterocycles. The molecule has 0 N–H and O–H groups in total. The Hall–Kier alpha value is -1.13. The van der Waals surface area contributed by atoms with Crippen molar-refractivity contribution in [3.63, 3.8) is 0 Å². The highest BCUT2D eigenvalue weighted by molar-refractivity contribution is 7.98. The lowest BCUT2D eigenvalue weighted by Gasteiger charge is -2.02. The SMILES string of the molecule is COCCC(=O)CC(=O)c1ccc(SC)cc1. The smallest absolute Gasteiger partial charge is 0.170 e. The monoisotopic (exact) mass is 252 g/mol. The molecule has 17 heavy (non-hydrogen) atoms. The Morgan fingerprint density at radius 3 is 2.41 bits per heavy atom. The van der Waals surface area contributed by atoms with E-state index < -0.39 is 0 Å². The van der Waals surface area contributed by atoms with Gasteiger partial charge >= 0.3 is 0 Å². The maximum atomic E-state index is 11.7. The van der Waals surface area contributed by atoms with Crippen LogP contribution in [0.2, 0.25) is 0 Å². The van der Waals surface area contributed by atoms with Crippen LogP contribution in [0.1, 0.15) is 23.2 Å². The number of Topliss-reactive ketones (excluding diaryl/α,β-unsaturated/α-hetero) is 2. The van der Waals surface area contributed by atoms with Gasteiger partial charge in [0.15, 0.2) is 5.78 Å². The molecule has 0 spiro atoms. The lowest BCUT2D eigenvalue weighted by atomic mass is 10.1. The van der Waals surface area contributed by atoms with E-state index in [0.717, 1.165) is 4.90 Å². The summed E-state index contributed by atoms with van der Waals surface area (Å²) < 4.78 is 4.80. The van der Waals surface area contributed by atoms with Gasteiger partial charge in [-0.25, -0.2) is 0 Å². The maximum absolute atomic E-state index is 11.7. The molecule has 0 aliphatic heterocycles. The molecule has 1 aromatic rings. The number of hydrogen-bond donors (Lipinski definition) is 0. The van der Waals surface area contributed by atoms with Crippen LogP contribution in [0.5, 0.6) is 0 Å². The van der Waals surface area contributed by atoms with Gasteiger partial charge in [0.25, 0.3) is 0 Å². The summed E-state index contributed by atoms with van der Waals surface area (Å²) in [7, 11) is 1.54. The molecule has 4 heteroatoms. The molecule has 0 bridgehead atoms. The van der Waals surface area contributed by atoms with Crippen LogP contribution in [0.4, 0.5) is 0 Å². The van der Waals surface area contributed by atoms with Gasteiger partial charge in [-0.05, 0) is 18.4 Å². The van der Waals surface area contributed by atoms with Gasteiger partial charge in [-0.15, -0.1) is 11.8 Å². The van der Waals surface area contributed by atoms with Crippen LogP contribution in [0.25, 0.3) is 0 Å². The van der Waals surface area contributed by atoms with E-state index in [2.05, 4.69) is 0 Å². The molecule has 3 nitrogen and oxygen atoms in total. The number of methoxy groups -OCH3 is 1. The Labute approximate surface area is 106 Å². The number of ketones is 2. The Balaban J connectivity index is 2.54. The van der Waals surface area contributed by atoms with Crippen LogP contribution < -0.4 is 0 Å². The first-order valence-corrected chi connectivity index (χ1v) is 6.57. The maximum Gasteiger partial charge on any atom is 0.170 e. The van der Waals surface area contributed by atoms with Gasteiger partial charge in [-0.1, -0.05) is 12.1 Å². The number of carbonyl (C=O) groups is 2. The van der Waals surface area contributed by atoms with E-state index in [9.17, 15) is 9.59 Å². The van der Waals surface area contributed by atoms with Crippen molar-refractivity contribution in [2.24, 2.45) is 0 Å². The fourth-order valence-corrected chi connectivity index (χ4v) is 1.77. The average molecular weight is 252 g/mol. The lowest BCUT2D eigenvalue weighted by Crippen LogP contribution is -2.10. The second-order valence-corrected chi connectivity index (χ2v) is 4.49. The van der Waals surface area contributed by atoms with Crippen LogP contribution >= 0.6 is 11.8 Å². The first-order valence-electron chi connectivity index (χ1n) is 5.35. The molecule has 0 aromatic heterocycles. The van der Waals surface area contributed by atoms with E-state index in [0.29, 0.717) is 18.6 Å². The molecule has 0 unspecified atom stereocenters. The van der Waals surface area contributed by atoms with Gasteiger partial charge in [-0.3, -0.25) is 9.59 Å². The molecule has 0 aliphatic rings. The zero-order valence-electron chi connectivity index (χ0n) is 10.1. The summed E-state index contributed by atoms with van der Waals surface area (Å²) in [4.78, 5) is 24.3. The molecule has 0 aliphatic carbocycles. The third-order valence-electron chi connectivity index (χ3n) is 2.35. The molecule has 1 aromatic carbocycles. The second-order valence-electron chi connectivity index (χ2n) is 3.61. The second kappa shape index (κ2) is 7.25. The van der Waals surface area contributed by atoms with E-state index in [1.54, 1.807) is 23.9 Å². The number of benzene rings is 1. The minimum absolute atomic E-state index is 0.0397. The average Bonchev–Trinajstić information content (AvgIpc) is 2.36. The number of hydrogen-bond acceptors (Lipinski definition) is 4. The van der Waals surface area contributed by atoms with Crippen LogP contribution in [0.3, 0.4) is 0 Å². The highest BCUT2D eigenvalue weighted by Crippen LogP contribution is 2.15. The summed E-state index contributed by atoms with van der Waals surface area (Å²) in [6.07, 6.45) is 2.23. The van der Waals surface area contributed by atoms with Gasteiger partial charge in [0, 0.05) is 24.0 Å². The Morgan fingerprint density at radius 2 is 1.88 bits per heavy atom. The zero-order chi connectivity index (χ0) is 12.7. The number of carbonyl (C=O) groups excluding carboxylic acids is 2. The van der Waals surface area contributed by atoms with E-state index in [1.165, 1.54) is 7.11 Å². The molecule has 0 radical (unpaired) electrons. The van der Waals surface area contributed by atoms with E-state index in [-0.39, 0.29) is 18.0 Å². The van der Waals surface area contributed by atoms with Gasteiger partial charge in [0.2, 0.25) is 0 Å². The zero-order valence-corrected chi connectivity index (χ0v) is 10.9. The summed E-state index contributed by atoms with van der Waals surface area (Å²) in [6.45, 7) is 0.373. The lowest BCUT2D eigenvalue weighted by molar-refractivity contribution is -0.119. The topological polar surface area (TPSA) is 43.4 Å². The Morgan fingerprint density at radius 1 is 1.24 bits per heavy atom. The highest BCUT2D eigenvalue weighted by Gasteiger charge is 2.11. The van der Waals surface area contributed by atoms with Crippen molar-refractivity contribution in [1.29, 1.82) is 0 Å². The molecule has 92 valence electrons. The predicted molar refractivity (Wildman–Crippen MR) is 68.7 cm³/mol. The molecular weight excluding hydrogens is 236 g/mol. The van der Waals surface area contributed by atoms with E-state index >= 15 is 0 Å². The van der Waals surface area contributed by atoms with Crippen molar-refractivity contribution in [1.82, 2.24) is 0 Å². The highest BCUT2D eigenvalue weighted by atomic mass is 32.2. The Bertz CT molecular complexity index is 384. The molecule has 0 saturated carbocycles. The summed E-state index contributed by atoms with van der Waals surface area (Å²) >= 11 is 1.62. The van der Waals surface area contributed by atoms with Crippen molar-refractivity contribution in [3.8, 4) is 0 Å². The minimum Gasteiger partial charge on any atom is -0.384 e. The molecule has 0 amide bonds. The van der Waals surface area contributed by atoms with Crippen molar-refractivity contribution >= 4 is 23.3 Å². The van der Waals surface area contributed by atoms with Crippen LogP contribution in [-0.2, 0) is 9.53 Å². The Kier molecular flexibility index (Phi) is 5.94. The normalized spacial score (nSPS) is 10.2. The number of rotatable bonds is 7. The van der Waals surface area contributed by atoms with Gasteiger partial charge < -0.3 is 4.74 Å². The molecule has 1 rings (SSSR count). The van der Waals surface area contributed by atoms with Gasteiger partial charge in [0.05, 0.1) is 13.0 Å². The summed E-state index contributed by atoms with van der Waals surface area (Å²) in [6, 6.07) is 7.30. The van der Waals surface area contributed by atoms with Crippen molar-refractivity contribution < 1.29 is 14.3 Å². The van der Waals surface area contributed by atoms with Crippen molar-refractivity contribution in [2.45, 2.75) is 17.7 Å². The summed E-state index contributed by atoms with van der Waals surface area (Å²) in [5.74, 6) is -0.204. The van der Waals surface area contributed by atoms with Crippen molar-refractivity contribution in [3.05, 3.63) is 29.8 Å². The van der Waals surface area contributed by atoms with Gasteiger partial charge in [-0.2, -0.15) is 0 Å². The molecule has 0 saturated heterocycles. The van der Waals surface area contributed by atoms with Crippen LogP contribution in [-0.4, -0.2) is 31.5 Å². The third-order valence-corrected chi connectivity index (χ3v) is 3.10. The van der Waals surface area contributed by atoms with Crippen LogP contribution in [0.15, 0.2) is 29.2 Å². The first-order chi connectivity index (χ1) is 8.17. The fraction of sp³-hybridized carbons (Fsp3) is 0.385. The number of ether oxygens (including phenoxy) is 1. The fourth-order valence-electron chi connectivity index (χ4n) is 1.36. The first kappa shape index (κ1) is 13.9. The van der Waals surface area contributed by atoms with Gasteiger partial charge in [0.1, 0.15) is 5.78 Å². The quantitative estimate of drug-likeness (QED) is 0.425.